The van der Waals surface area contributed by atoms with Crippen molar-refractivity contribution in [2.24, 2.45) is 5.92 Å². The number of rotatable bonds is 7. The maximum absolute atomic E-state index is 13.2. The van der Waals surface area contributed by atoms with Crippen molar-refractivity contribution in [3.8, 4) is 5.75 Å². The summed E-state index contributed by atoms with van der Waals surface area (Å²) in [6, 6.07) is 12.0. The lowest BCUT2D eigenvalue weighted by Gasteiger charge is -2.42. The maximum Gasteiger partial charge on any atom is 0.317 e. The molecule has 2 aliphatic rings. The highest BCUT2D eigenvalue weighted by molar-refractivity contribution is 5.69. The minimum Gasteiger partial charge on any atom is -0.497 e. The maximum atomic E-state index is 13.2. The van der Waals surface area contributed by atoms with Crippen molar-refractivity contribution in [1.82, 2.24) is 14.4 Å². The van der Waals surface area contributed by atoms with Gasteiger partial charge in [0.1, 0.15) is 5.75 Å². The Hall–Kier alpha value is -2.64. The van der Waals surface area contributed by atoms with E-state index >= 15 is 0 Å². The number of piperidine rings is 1. The quantitative estimate of drug-likeness (QED) is 0.751. The lowest BCUT2D eigenvalue weighted by molar-refractivity contribution is -0.139. The zero-order valence-corrected chi connectivity index (χ0v) is 17.6. The zero-order valence-electron chi connectivity index (χ0n) is 17.6. The molecule has 0 saturated carbocycles. The largest absolute Gasteiger partial charge is 0.497 e. The Balaban J connectivity index is 1.47. The first-order valence-corrected chi connectivity index (χ1v) is 10.4. The smallest absolute Gasteiger partial charge is 0.317 e. The molecule has 4 rings (SSSR count). The summed E-state index contributed by atoms with van der Waals surface area (Å²) in [6.07, 6.45) is 1.03. The third kappa shape index (κ3) is 4.42. The summed E-state index contributed by atoms with van der Waals surface area (Å²) in [6.45, 7) is 3.55. The van der Waals surface area contributed by atoms with E-state index in [1.807, 2.05) is 46.8 Å². The van der Waals surface area contributed by atoms with Crippen LogP contribution in [0.15, 0.2) is 41.2 Å². The molecule has 1 saturated heterocycles. The van der Waals surface area contributed by atoms with Gasteiger partial charge in [-0.05, 0) is 43.1 Å². The number of hydrogen-bond acceptors (Lipinski definition) is 5. The number of methoxy groups -OCH3 is 1. The van der Waals surface area contributed by atoms with Gasteiger partial charge in [-0.3, -0.25) is 19.4 Å². The molecule has 0 radical (unpaired) electrons. The van der Waals surface area contributed by atoms with Crippen LogP contribution in [0, 0.1) is 5.92 Å². The monoisotopic (exact) mass is 411 g/mol. The molecule has 2 aliphatic heterocycles. The number of benzene rings is 1. The number of fused-ring (bicyclic) bond motifs is 4. The summed E-state index contributed by atoms with van der Waals surface area (Å²) in [5.74, 6) is 0.612. The molecule has 0 unspecified atom stereocenters. The van der Waals surface area contributed by atoms with Gasteiger partial charge in [0, 0.05) is 49.9 Å². The zero-order chi connectivity index (χ0) is 21.3. The molecule has 2 bridgehead atoms. The van der Waals surface area contributed by atoms with Crippen molar-refractivity contribution >= 4 is 5.97 Å². The van der Waals surface area contributed by atoms with Crippen molar-refractivity contribution in [3.63, 3.8) is 0 Å². The van der Waals surface area contributed by atoms with Crippen molar-refractivity contribution < 1.29 is 14.6 Å². The molecule has 1 aromatic heterocycles. The number of carboxylic acids is 1. The lowest BCUT2D eigenvalue weighted by Crippen LogP contribution is -2.48. The molecule has 0 spiro atoms. The minimum absolute atomic E-state index is 0.0749. The number of aromatic nitrogens is 1. The van der Waals surface area contributed by atoms with Gasteiger partial charge >= 0.3 is 5.97 Å². The van der Waals surface area contributed by atoms with Gasteiger partial charge in [0.2, 0.25) is 0 Å². The Morgan fingerprint density at radius 1 is 1.13 bits per heavy atom. The summed E-state index contributed by atoms with van der Waals surface area (Å²) in [5.41, 5.74) is 3.12. The fourth-order valence-corrected chi connectivity index (χ4v) is 4.92. The van der Waals surface area contributed by atoms with E-state index in [1.54, 1.807) is 7.11 Å². The third-order valence-electron chi connectivity index (χ3n) is 6.17. The molecule has 0 aliphatic carbocycles. The highest BCUT2D eigenvalue weighted by atomic mass is 16.5. The first-order valence-electron chi connectivity index (χ1n) is 10.4. The molecule has 2 aromatic rings. The van der Waals surface area contributed by atoms with E-state index in [9.17, 15) is 9.59 Å². The molecule has 3 heterocycles. The van der Waals surface area contributed by atoms with Crippen LogP contribution < -0.4 is 10.3 Å². The van der Waals surface area contributed by atoms with Gasteiger partial charge in [0.15, 0.2) is 0 Å². The number of likely N-dealkylation sites (tertiary alicyclic amines) is 1. The summed E-state index contributed by atoms with van der Waals surface area (Å²) >= 11 is 0. The lowest BCUT2D eigenvalue weighted by atomic mass is 9.83. The normalized spacial score (nSPS) is 20.8. The van der Waals surface area contributed by atoms with E-state index in [-0.39, 0.29) is 18.0 Å². The van der Waals surface area contributed by atoms with Crippen LogP contribution in [0.5, 0.6) is 5.75 Å². The van der Waals surface area contributed by atoms with Crippen molar-refractivity contribution in [1.29, 1.82) is 0 Å². The number of aliphatic carboxylic acids is 1. The summed E-state index contributed by atoms with van der Waals surface area (Å²) in [5, 5.41) is 9.11. The number of pyridine rings is 1. The molecular weight excluding hydrogens is 382 g/mol. The van der Waals surface area contributed by atoms with E-state index < -0.39 is 5.97 Å². The Bertz CT molecular complexity index is 969. The standard InChI is InChI=1S/C23H29N3O4/c1-24(10-16-3-6-20(30-2)7-4-16)13-18-5-8-21-19-9-17(12-26(21)23(18)29)11-25(14-19)15-22(27)28/h3-8,17,19H,9-15H2,1-2H3,(H,27,28)/t17-,19+/m0/s1. The summed E-state index contributed by atoms with van der Waals surface area (Å²) in [4.78, 5) is 28.4. The van der Waals surface area contributed by atoms with Gasteiger partial charge in [-0.25, -0.2) is 0 Å². The number of ether oxygens (including phenoxy) is 1. The molecule has 1 aromatic carbocycles. The molecule has 7 nitrogen and oxygen atoms in total. The van der Waals surface area contributed by atoms with Crippen LogP contribution in [0.2, 0.25) is 0 Å². The first-order chi connectivity index (χ1) is 14.4. The first kappa shape index (κ1) is 20.6. The predicted octanol–water partition coefficient (Wildman–Crippen LogP) is 1.99. The van der Waals surface area contributed by atoms with E-state index in [2.05, 4.69) is 11.0 Å². The number of carboxylic acid groups (broad SMARTS) is 1. The van der Waals surface area contributed by atoms with Crippen molar-refractivity contribution in [2.75, 3.05) is 33.8 Å². The van der Waals surface area contributed by atoms with Gasteiger partial charge in [0.25, 0.3) is 5.56 Å². The van der Waals surface area contributed by atoms with Crippen LogP contribution in [0.25, 0.3) is 0 Å². The van der Waals surface area contributed by atoms with Crippen LogP contribution in [0.1, 0.15) is 29.2 Å². The average molecular weight is 412 g/mol. The van der Waals surface area contributed by atoms with Gasteiger partial charge in [0.05, 0.1) is 13.7 Å². The molecule has 2 atom stereocenters. The molecule has 30 heavy (non-hydrogen) atoms. The fourth-order valence-electron chi connectivity index (χ4n) is 4.92. The van der Waals surface area contributed by atoms with Crippen molar-refractivity contribution in [2.45, 2.75) is 32.0 Å². The number of hydrogen-bond donors (Lipinski definition) is 1. The second kappa shape index (κ2) is 8.62. The second-order valence-corrected chi connectivity index (χ2v) is 8.61. The Morgan fingerprint density at radius 2 is 1.90 bits per heavy atom. The van der Waals surface area contributed by atoms with E-state index in [4.69, 9.17) is 9.84 Å². The molecular formula is C23H29N3O4. The second-order valence-electron chi connectivity index (χ2n) is 8.61. The third-order valence-corrected chi connectivity index (χ3v) is 6.17. The number of nitrogens with zero attached hydrogens (tertiary/aromatic N) is 3. The molecule has 0 amide bonds. The van der Waals surface area contributed by atoms with Gasteiger partial charge < -0.3 is 14.4 Å². The Kier molecular flexibility index (Phi) is 5.92. The van der Waals surface area contributed by atoms with Gasteiger partial charge in [-0.15, -0.1) is 0 Å². The SMILES string of the molecule is COc1ccc(CN(C)Cc2ccc3n(c2=O)C[C@H]2C[C@@H]3CN(CC(=O)O)C2)cc1. The Labute approximate surface area is 176 Å². The molecule has 1 fully saturated rings. The van der Waals surface area contributed by atoms with Gasteiger partial charge in [-0.1, -0.05) is 18.2 Å². The van der Waals surface area contributed by atoms with Crippen molar-refractivity contribution in [3.05, 3.63) is 63.6 Å². The highest BCUT2D eigenvalue weighted by Crippen LogP contribution is 2.35. The van der Waals surface area contributed by atoms with Crippen LogP contribution in [0.4, 0.5) is 0 Å². The average Bonchev–Trinajstić information content (AvgIpc) is 2.70. The fraction of sp³-hybridized carbons (Fsp3) is 0.478. The van der Waals surface area contributed by atoms with Crippen LogP contribution in [-0.4, -0.2) is 59.2 Å². The molecule has 160 valence electrons. The van der Waals surface area contributed by atoms with Crippen LogP contribution in [0.3, 0.4) is 0 Å². The van der Waals surface area contributed by atoms with E-state index in [0.717, 1.165) is 36.5 Å². The highest BCUT2D eigenvalue weighted by Gasteiger charge is 2.35. The van der Waals surface area contributed by atoms with E-state index in [0.29, 0.717) is 25.6 Å². The van der Waals surface area contributed by atoms with E-state index in [1.165, 1.54) is 5.56 Å². The van der Waals surface area contributed by atoms with Gasteiger partial charge in [-0.2, -0.15) is 0 Å². The summed E-state index contributed by atoms with van der Waals surface area (Å²) < 4.78 is 7.14. The molecule has 7 heteroatoms. The Morgan fingerprint density at radius 3 is 2.60 bits per heavy atom. The number of carbonyl (C=O) groups is 1. The van der Waals surface area contributed by atoms with Crippen LogP contribution in [-0.2, 0) is 24.4 Å². The predicted molar refractivity (Wildman–Crippen MR) is 114 cm³/mol. The molecule has 1 N–H and O–H groups in total. The van der Waals surface area contributed by atoms with Crippen LogP contribution >= 0.6 is 0 Å². The summed E-state index contributed by atoms with van der Waals surface area (Å²) in [7, 11) is 3.68. The minimum atomic E-state index is -0.789. The topological polar surface area (TPSA) is 75.0 Å².